The summed E-state index contributed by atoms with van der Waals surface area (Å²) < 4.78 is 36.3. The number of rotatable bonds is 6. The number of carbonyl (C=O) groups excluding carboxylic acids is 3. The normalized spacial score (nSPS) is 10.4. The minimum Gasteiger partial charge on any atom is -1.00 e. The third-order valence-corrected chi connectivity index (χ3v) is 2.25. The molecule has 0 aromatic heterocycles. The van der Waals surface area contributed by atoms with Crippen LogP contribution in [0.25, 0.3) is 0 Å². The molecule has 0 aliphatic rings. The molecule has 0 aliphatic carbocycles. The van der Waals surface area contributed by atoms with E-state index in [-0.39, 0.29) is 179 Å². The molecular formula is C6H6Na6O11S2. The molecule has 0 aliphatic heterocycles. The Morgan fingerprint density at radius 2 is 0.960 bits per heavy atom. The minimum absolute atomic E-state index is 0. The van der Waals surface area contributed by atoms with E-state index in [4.69, 9.17) is 22.6 Å². The molecule has 1 N–H and O–H groups in total. The predicted molar refractivity (Wildman–Crippen MR) is 48.2 cm³/mol. The second kappa shape index (κ2) is 28.6. The van der Waals surface area contributed by atoms with E-state index >= 15 is 0 Å². The average Bonchev–Trinajstić information content (AvgIpc) is 2.14. The summed E-state index contributed by atoms with van der Waals surface area (Å²) in [6.07, 6.45) is -2.72. The second-order valence-corrected chi connectivity index (χ2v) is 5.27. The van der Waals surface area contributed by atoms with Crippen molar-refractivity contribution in [3.8, 4) is 0 Å². The van der Waals surface area contributed by atoms with E-state index in [1.54, 1.807) is 0 Å². The van der Waals surface area contributed by atoms with Crippen LogP contribution in [-0.2, 0) is 34.6 Å². The molecule has 11 nitrogen and oxygen atoms in total. The van der Waals surface area contributed by atoms with Gasteiger partial charge in [0.2, 0.25) is 0 Å². The number of hydrogen-bond donors (Lipinski definition) is 1. The van der Waals surface area contributed by atoms with Gasteiger partial charge in [-0.15, -0.1) is 0 Å². The Labute approximate surface area is 281 Å². The van der Waals surface area contributed by atoms with Crippen molar-refractivity contribution in [2.45, 2.75) is 18.4 Å². The smallest absolute Gasteiger partial charge is 1.00 e. The maximum absolute atomic E-state index is 10.1. The van der Waals surface area contributed by atoms with Gasteiger partial charge in [0.25, 0.3) is 0 Å². The summed E-state index contributed by atoms with van der Waals surface area (Å²) in [5.74, 6) is -5.98. The zero-order chi connectivity index (χ0) is 15.8. The monoisotopic (exact) mass is 456 g/mol. The Balaban J connectivity index is -0.0000000285. The molecule has 0 aromatic carbocycles. The third kappa shape index (κ3) is 33.4. The molecule has 0 saturated heterocycles. The van der Waals surface area contributed by atoms with Crippen molar-refractivity contribution in [3.05, 3.63) is 0 Å². The number of aliphatic carboxylic acids is 3. The summed E-state index contributed by atoms with van der Waals surface area (Å²) >= 11 is 0. The standard InChI is InChI=1S/C6H8O7.6Na.H2O4S2.H/c7-3(8)1-6(13,5(11)12)2-4(9)10;;;;;;;1-5(2)6(3)4;/h13H,1-2H2,(H,7,8)(H,9,10)(H,11,12);;;;;;;(H,1,2)(H,3,4);/q;6*+1;;-1/p-5. The maximum atomic E-state index is 10.1. The van der Waals surface area contributed by atoms with Gasteiger partial charge in [-0.05, 0) is 0 Å². The molecule has 0 radical (unpaired) electrons. The van der Waals surface area contributed by atoms with Crippen molar-refractivity contribution in [1.82, 2.24) is 0 Å². The van der Waals surface area contributed by atoms with Crippen molar-refractivity contribution >= 4 is 38.1 Å². The summed E-state index contributed by atoms with van der Waals surface area (Å²) in [4.78, 5) is 30.0. The van der Waals surface area contributed by atoms with E-state index in [0.29, 0.717) is 0 Å². The number of carbonyl (C=O) groups is 3. The Morgan fingerprint density at radius 1 is 0.760 bits per heavy atom. The van der Waals surface area contributed by atoms with Crippen LogP contribution < -0.4 is 193 Å². The number of carboxylic acid groups (broad SMARTS) is 3. The third-order valence-electron chi connectivity index (χ3n) is 1.36. The molecular weight excluding hydrogens is 450 g/mol. The van der Waals surface area contributed by atoms with Crippen LogP contribution in [0.1, 0.15) is 14.3 Å². The van der Waals surface area contributed by atoms with Crippen LogP contribution in [0.15, 0.2) is 0 Å². The van der Waals surface area contributed by atoms with E-state index in [2.05, 4.69) is 0 Å². The van der Waals surface area contributed by atoms with Gasteiger partial charge in [-0.25, -0.2) is 0 Å². The fourth-order valence-electron chi connectivity index (χ4n) is 0.684. The van der Waals surface area contributed by atoms with Gasteiger partial charge >= 0.3 is 177 Å². The van der Waals surface area contributed by atoms with Crippen LogP contribution in [0.3, 0.4) is 0 Å². The van der Waals surface area contributed by atoms with Crippen LogP contribution in [0.2, 0.25) is 0 Å². The zero-order valence-electron chi connectivity index (χ0n) is 15.8. The van der Waals surface area contributed by atoms with Crippen molar-refractivity contribution in [2.24, 2.45) is 0 Å². The molecule has 0 heterocycles. The molecule has 19 heteroatoms. The van der Waals surface area contributed by atoms with Gasteiger partial charge in [-0.3, -0.25) is 8.42 Å². The fraction of sp³-hybridized carbons (Fsp3) is 0.500. The second-order valence-electron chi connectivity index (χ2n) is 2.82. The van der Waals surface area contributed by atoms with Gasteiger partial charge in [-0.1, -0.05) is 0 Å². The molecule has 25 heavy (non-hydrogen) atoms. The first-order valence-electron chi connectivity index (χ1n) is 3.95. The molecule has 0 saturated carbocycles. The summed E-state index contributed by atoms with van der Waals surface area (Å²) in [5, 5.41) is 38.9. The molecule has 0 bridgehead atoms. The number of carboxylic acids is 3. The quantitative estimate of drug-likeness (QED) is 0.224. The van der Waals surface area contributed by atoms with Crippen molar-refractivity contribution < 1.29 is 231 Å². The van der Waals surface area contributed by atoms with Gasteiger partial charge in [0.05, 0.1) is 5.97 Å². The van der Waals surface area contributed by atoms with Gasteiger partial charge < -0.3 is 45.3 Å². The molecule has 0 spiro atoms. The Bertz CT molecular complexity index is 400. The first kappa shape index (κ1) is 51.9. The van der Waals surface area contributed by atoms with E-state index in [9.17, 15) is 29.7 Å². The van der Waals surface area contributed by atoms with Crippen LogP contribution in [0, 0.1) is 0 Å². The van der Waals surface area contributed by atoms with Gasteiger partial charge in [0.15, 0.2) is 0 Å². The molecule has 2 atom stereocenters. The minimum atomic E-state index is -2.97. The molecule has 2 unspecified atom stereocenters. The summed E-state index contributed by atoms with van der Waals surface area (Å²) in [7, 11) is -5.90. The predicted octanol–water partition coefficient (Wildman–Crippen LogP) is -24.5. The Morgan fingerprint density at radius 3 is 1.04 bits per heavy atom. The molecule has 0 fully saturated rings. The van der Waals surface area contributed by atoms with E-state index < -0.39 is 56.6 Å². The Kier molecular flexibility index (Phi) is 59.3. The molecule has 0 amide bonds. The van der Waals surface area contributed by atoms with Gasteiger partial charge in [0, 0.05) is 45.0 Å². The van der Waals surface area contributed by atoms with Crippen LogP contribution in [-0.4, -0.2) is 46.1 Å². The van der Waals surface area contributed by atoms with Gasteiger partial charge in [-0.2, -0.15) is 0 Å². The van der Waals surface area contributed by atoms with E-state index in [1.807, 2.05) is 0 Å². The number of aliphatic hydroxyl groups is 1. The first-order chi connectivity index (χ1) is 8.42. The zero-order valence-corrected chi connectivity index (χ0v) is 28.4. The average molecular weight is 456 g/mol. The summed E-state index contributed by atoms with van der Waals surface area (Å²) in [5.41, 5.74) is -2.97. The van der Waals surface area contributed by atoms with E-state index in [1.165, 1.54) is 0 Å². The summed E-state index contributed by atoms with van der Waals surface area (Å²) in [6.45, 7) is 0. The van der Waals surface area contributed by atoms with Gasteiger partial charge in [0.1, 0.15) is 5.60 Å². The van der Waals surface area contributed by atoms with Crippen molar-refractivity contribution in [3.63, 3.8) is 0 Å². The van der Waals surface area contributed by atoms with Crippen molar-refractivity contribution in [2.75, 3.05) is 0 Å². The summed E-state index contributed by atoms with van der Waals surface area (Å²) in [6, 6.07) is 0. The van der Waals surface area contributed by atoms with Crippen molar-refractivity contribution in [1.29, 1.82) is 0 Å². The first-order valence-corrected chi connectivity index (χ1v) is 6.61. The Hall–Kier alpha value is 4.59. The topological polar surface area (TPSA) is 221 Å². The number of hydrogen-bond acceptors (Lipinski definition) is 11. The largest absolute Gasteiger partial charge is 1.00 e. The molecule has 114 valence electrons. The van der Waals surface area contributed by atoms with Crippen LogP contribution >= 0.6 is 0 Å². The fourth-order valence-corrected chi connectivity index (χ4v) is 0.684. The van der Waals surface area contributed by atoms with Crippen LogP contribution in [0.5, 0.6) is 0 Å². The van der Waals surface area contributed by atoms with E-state index in [0.717, 1.165) is 0 Å². The molecule has 0 rings (SSSR count). The molecule has 0 aromatic rings. The SMILES string of the molecule is O=C([O-])CC(O)(CC(=O)[O-])C(=O)[O-].O=S([O-])S(=O)[O-].[H-].[Na+].[Na+].[Na+].[Na+].[Na+].[Na+]. The van der Waals surface area contributed by atoms with Crippen LogP contribution in [0.4, 0.5) is 0 Å². The maximum Gasteiger partial charge on any atom is 1.00 e.